The molecule has 20 heavy (non-hydrogen) atoms. The number of aliphatic hydroxyl groups is 1. The number of carbonyl (C=O) groups is 1. The third-order valence-electron chi connectivity index (χ3n) is 3.39. The van der Waals surface area contributed by atoms with Crippen LogP contribution in [0.5, 0.6) is 0 Å². The zero-order valence-corrected chi connectivity index (χ0v) is 12.7. The summed E-state index contributed by atoms with van der Waals surface area (Å²) in [6.45, 7) is 2.21. The average Bonchev–Trinajstić information content (AvgIpc) is 2.43. The Bertz CT molecular complexity index is 198. The molecule has 0 aliphatic heterocycles. The van der Waals surface area contributed by atoms with E-state index in [0.717, 1.165) is 12.8 Å². The molecule has 0 aromatic carbocycles. The minimum absolute atomic E-state index is 0. The summed E-state index contributed by atoms with van der Waals surface area (Å²) in [5.74, 6) is -0.511. The van der Waals surface area contributed by atoms with Gasteiger partial charge in [-0.25, -0.2) is 4.79 Å². The number of rotatable bonds is 14. The molecule has 0 saturated carbocycles. The second-order valence-electron chi connectivity index (χ2n) is 5.27. The van der Waals surface area contributed by atoms with Crippen LogP contribution in [0.25, 0.3) is 0 Å². The van der Waals surface area contributed by atoms with Crippen molar-refractivity contribution in [3.63, 3.8) is 0 Å². The van der Waals surface area contributed by atoms with E-state index < -0.39 is 12.6 Å². The van der Waals surface area contributed by atoms with Gasteiger partial charge in [-0.15, -0.1) is 0 Å². The zero-order valence-electron chi connectivity index (χ0n) is 12.7. The van der Waals surface area contributed by atoms with Gasteiger partial charge in [-0.1, -0.05) is 77.6 Å². The van der Waals surface area contributed by atoms with E-state index in [1.54, 1.807) is 0 Å². The third-order valence-corrected chi connectivity index (χ3v) is 3.39. The SMILES string of the molecule is CCCCCCCCCCCCCCOC(=O)CO.[NaH]. The molecule has 1 N–H and O–H groups in total. The molecule has 0 bridgehead atoms. The van der Waals surface area contributed by atoms with Crippen molar-refractivity contribution in [3.05, 3.63) is 0 Å². The summed E-state index contributed by atoms with van der Waals surface area (Å²) in [6, 6.07) is 0. The minimum atomic E-state index is -0.511. The summed E-state index contributed by atoms with van der Waals surface area (Å²) in [5.41, 5.74) is 0. The summed E-state index contributed by atoms with van der Waals surface area (Å²) in [6.07, 6.45) is 15.6. The average molecular weight is 296 g/mol. The topological polar surface area (TPSA) is 46.5 Å². The van der Waals surface area contributed by atoms with Gasteiger partial charge in [0.1, 0.15) is 6.61 Å². The van der Waals surface area contributed by atoms with Crippen molar-refractivity contribution in [2.75, 3.05) is 13.2 Å². The fourth-order valence-corrected chi connectivity index (χ4v) is 2.17. The number of unbranched alkanes of at least 4 members (excludes halogenated alkanes) is 11. The molecule has 0 spiro atoms. The molecule has 3 nitrogen and oxygen atoms in total. The van der Waals surface area contributed by atoms with E-state index in [1.807, 2.05) is 0 Å². The summed E-state index contributed by atoms with van der Waals surface area (Å²) in [5, 5.41) is 8.45. The monoisotopic (exact) mass is 296 g/mol. The van der Waals surface area contributed by atoms with Crippen LogP contribution in [0.1, 0.15) is 84.0 Å². The van der Waals surface area contributed by atoms with Crippen molar-refractivity contribution < 1.29 is 14.6 Å². The van der Waals surface area contributed by atoms with Crippen molar-refractivity contribution in [2.45, 2.75) is 84.0 Å². The van der Waals surface area contributed by atoms with Crippen LogP contribution in [0.15, 0.2) is 0 Å². The number of hydrogen-bond acceptors (Lipinski definition) is 3. The molecule has 4 heteroatoms. The van der Waals surface area contributed by atoms with Gasteiger partial charge in [-0.2, -0.15) is 0 Å². The zero-order chi connectivity index (χ0) is 14.2. The Hall–Kier alpha value is 0.430. The number of ether oxygens (including phenoxy) is 1. The van der Waals surface area contributed by atoms with E-state index in [-0.39, 0.29) is 29.6 Å². The van der Waals surface area contributed by atoms with Crippen LogP contribution in [0, 0.1) is 0 Å². The van der Waals surface area contributed by atoms with Crippen molar-refractivity contribution in [1.29, 1.82) is 0 Å². The summed E-state index contributed by atoms with van der Waals surface area (Å²) < 4.78 is 4.79. The van der Waals surface area contributed by atoms with Crippen LogP contribution in [0.4, 0.5) is 0 Å². The molecule has 0 aromatic heterocycles. The van der Waals surface area contributed by atoms with E-state index in [4.69, 9.17) is 9.84 Å². The van der Waals surface area contributed by atoms with Gasteiger partial charge in [-0.3, -0.25) is 0 Å². The quantitative estimate of drug-likeness (QED) is 0.303. The molecular formula is C16H33NaO3. The summed E-state index contributed by atoms with van der Waals surface area (Å²) in [7, 11) is 0. The molecule has 0 saturated heterocycles. The number of hydrogen-bond donors (Lipinski definition) is 1. The van der Waals surface area contributed by atoms with Crippen molar-refractivity contribution in [2.24, 2.45) is 0 Å². The van der Waals surface area contributed by atoms with Gasteiger partial charge < -0.3 is 9.84 Å². The standard InChI is InChI=1S/C16H32O3.Na.H/c1-2-3-4-5-6-7-8-9-10-11-12-13-14-19-16(18)15-17;;/h17H,2-15H2,1H3;;. The second kappa shape index (κ2) is 19.4. The van der Waals surface area contributed by atoms with Crippen LogP contribution in [-0.2, 0) is 9.53 Å². The number of esters is 1. The first-order chi connectivity index (χ1) is 9.31. The Kier molecular flexibility index (Phi) is 22.1. The normalized spacial score (nSPS) is 10.1. The van der Waals surface area contributed by atoms with Crippen LogP contribution < -0.4 is 0 Å². The van der Waals surface area contributed by atoms with E-state index in [9.17, 15) is 4.79 Å². The Balaban J connectivity index is 0. The van der Waals surface area contributed by atoms with Crippen molar-refractivity contribution in [1.82, 2.24) is 0 Å². The van der Waals surface area contributed by atoms with Crippen LogP contribution in [0.2, 0.25) is 0 Å². The Labute approximate surface area is 147 Å². The molecule has 0 unspecified atom stereocenters. The molecule has 0 aliphatic rings. The fraction of sp³-hybridized carbons (Fsp3) is 0.938. The van der Waals surface area contributed by atoms with Crippen molar-refractivity contribution in [3.8, 4) is 0 Å². The molecule has 0 heterocycles. The number of carbonyl (C=O) groups excluding carboxylic acids is 1. The van der Waals surface area contributed by atoms with Gasteiger partial charge in [0.25, 0.3) is 0 Å². The molecule has 0 rings (SSSR count). The summed E-state index contributed by atoms with van der Waals surface area (Å²) in [4.78, 5) is 10.6. The Morgan fingerprint density at radius 2 is 1.20 bits per heavy atom. The van der Waals surface area contributed by atoms with E-state index >= 15 is 0 Å². The van der Waals surface area contributed by atoms with Gasteiger partial charge in [0.05, 0.1) is 6.61 Å². The number of aliphatic hydroxyl groups excluding tert-OH is 1. The van der Waals surface area contributed by atoms with Gasteiger partial charge in [-0.05, 0) is 6.42 Å². The fourth-order valence-electron chi connectivity index (χ4n) is 2.17. The molecule has 0 aromatic rings. The molecule has 0 amide bonds. The predicted octanol–water partition coefficient (Wildman–Crippen LogP) is 3.57. The first-order valence-electron chi connectivity index (χ1n) is 8.07. The van der Waals surface area contributed by atoms with Gasteiger partial charge in [0.2, 0.25) is 0 Å². The van der Waals surface area contributed by atoms with Crippen LogP contribution in [-0.4, -0.2) is 53.8 Å². The van der Waals surface area contributed by atoms with Gasteiger partial charge in [0.15, 0.2) is 0 Å². The molecule has 116 valence electrons. The Morgan fingerprint density at radius 1 is 0.800 bits per heavy atom. The maximum atomic E-state index is 10.6. The molecule has 0 atom stereocenters. The molecule has 0 fully saturated rings. The molecule has 0 aliphatic carbocycles. The summed E-state index contributed by atoms with van der Waals surface area (Å²) >= 11 is 0. The van der Waals surface area contributed by atoms with Gasteiger partial charge >= 0.3 is 35.5 Å². The molecule has 0 radical (unpaired) electrons. The third kappa shape index (κ3) is 18.4. The predicted molar refractivity (Wildman–Crippen MR) is 86.3 cm³/mol. The van der Waals surface area contributed by atoms with Gasteiger partial charge in [0, 0.05) is 0 Å². The Morgan fingerprint density at radius 3 is 1.60 bits per heavy atom. The molecular weight excluding hydrogens is 263 g/mol. The first-order valence-corrected chi connectivity index (χ1v) is 8.07. The van der Waals surface area contributed by atoms with E-state index in [2.05, 4.69) is 6.92 Å². The second-order valence-corrected chi connectivity index (χ2v) is 5.27. The van der Waals surface area contributed by atoms with Crippen molar-refractivity contribution >= 4 is 35.5 Å². The maximum absolute atomic E-state index is 10.6. The van der Waals surface area contributed by atoms with Crippen LogP contribution in [0.3, 0.4) is 0 Å². The van der Waals surface area contributed by atoms with Crippen LogP contribution >= 0.6 is 0 Å². The first kappa shape index (κ1) is 22.7. The van der Waals surface area contributed by atoms with E-state index in [1.165, 1.54) is 64.2 Å². The van der Waals surface area contributed by atoms with E-state index in [0.29, 0.717) is 6.61 Å².